The van der Waals surface area contributed by atoms with Gasteiger partial charge in [0.25, 0.3) is 5.91 Å². The summed E-state index contributed by atoms with van der Waals surface area (Å²) in [6.07, 6.45) is 2.26. The Balaban J connectivity index is 1.43. The molecule has 4 rings (SSSR count). The molecule has 0 radical (unpaired) electrons. The van der Waals surface area contributed by atoms with Gasteiger partial charge in [-0.1, -0.05) is 47.7 Å². The Hall–Kier alpha value is -3.33. The van der Waals surface area contributed by atoms with Crippen LogP contribution in [-0.2, 0) is 4.79 Å². The number of carbonyl (C=O) groups excluding carboxylic acids is 2. The molecule has 0 atom stereocenters. The lowest BCUT2D eigenvalue weighted by atomic mass is 10.2. The van der Waals surface area contributed by atoms with Gasteiger partial charge in [-0.3, -0.25) is 25.0 Å². The van der Waals surface area contributed by atoms with E-state index in [4.69, 9.17) is 0 Å². The summed E-state index contributed by atoms with van der Waals surface area (Å²) < 4.78 is 1.99. The van der Waals surface area contributed by atoms with Crippen molar-refractivity contribution in [3.8, 4) is 5.69 Å². The van der Waals surface area contributed by atoms with Crippen LogP contribution in [0.2, 0.25) is 0 Å². The summed E-state index contributed by atoms with van der Waals surface area (Å²) in [6.45, 7) is 3.93. The number of nitrogens with zero attached hydrogens (tertiary/aromatic N) is 4. The number of anilines is 1. The molecule has 2 aromatic carbocycles. The van der Waals surface area contributed by atoms with Crippen LogP contribution in [-0.4, -0.2) is 45.4 Å². The van der Waals surface area contributed by atoms with Gasteiger partial charge in [-0.05, 0) is 44.0 Å². The molecular weight excluding hydrogens is 412 g/mol. The normalized spacial score (nSPS) is 13.3. The van der Waals surface area contributed by atoms with Crippen LogP contribution in [0.1, 0.15) is 28.8 Å². The third kappa shape index (κ3) is 5.05. The first-order valence-electron chi connectivity index (χ1n) is 10.2. The summed E-state index contributed by atoms with van der Waals surface area (Å²) in [4.78, 5) is 26.6. The predicted octanol–water partition coefficient (Wildman–Crippen LogP) is 2.73. The number of nitrogens with one attached hydrogen (secondary N) is 2. The van der Waals surface area contributed by atoms with Crippen molar-refractivity contribution in [2.24, 2.45) is 0 Å². The first-order valence-corrected chi connectivity index (χ1v) is 11.1. The van der Waals surface area contributed by atoms with Crippen LogP contribution in [0.3, 0.4) is 0 Å². The summed E-state index contributed by atoms with van der Waals surface area (Å²) in [5, 5.41) is 9.38. The topological polar surface area (TPSA) is 92.2 Å². The summed E-state index contributed by atoms with van der Waals surface area (Å²) in [5.41, 5.74) is 7.49. The molecule has 8 nitrogen and oxygen atoms in total. The molecular formula is C22H24N6O2S. The van der Waals surface area contributed by atoms with Gasteiger partial charge in [-0.2, -0.15) is 0 Å². The lowest BCUT2D eigenvalue weighted by Crippen LogP contribution is -2.42. The Bertz CT molecular complexity index is 1050. The number of hydrazine groups is 1. The summed E-state index contributed by atoms with van der Waals surface area (Å²) >= 11 is 1.28. The second kappa shape index (κ2) is 9.65. The second-order valence-corrected chi connectivity index (χ2v) is 8.25. The standard InChI is InChI=1S/C22H24N6O2S/c1-16-9-11-18(12-10-16)28-21(27-13-5-6-14-27)25-26-22(28)31-15-19(29)23-24-20(30)17-7-3-2-4-8-17/h2-4,7-12H,5-6,13-15H2,1H3,(H,23,29)(H,24,30). The van der Waals surface area contributed by atoms with E-state index >= 15 is 0 Å². The number of carbonyl (C=O) groups is 2. The number of rotatable bonds is 6. The first kappa shape index (κ1) is 20.9. The van der Waals surface area contributed by atoms with Crippen LogP contribution >= 0.6 is 11.8 Å². The van der Waals surface area contributed by atoms with Gasteiger partial charge in [0, 0.05) is 18.7 Å². The van der Waals surface area contributed by atoms with E-state index in [9.17, 15) is 9.59 Å². The van der Waals surface area contributed by atoms with Gasteiger partial charge in [0.15, 0.2) is 5.16 Å². The van der Waals surface area contributed by atoms with Gasteiger partial charge in [0.2, 0.25) is 11.9 Å². The fourth-order valence-corrected chi connectivity index (χ4v) is 4.10. The smallest absolute Gasteiger partial charge is 0.269 e. The quantitative estimate of drug-likeness (QED) is 0.456. The van der Waals surface area contributed by atoms with Gasteiger partial charge in [0.1, 0.15) is 0 Å². The van der Waals surface area contributed by atoms with Gasteiger partial charge >= 0.3 is 0 Å². The molecule has 1 fully saturated rings. The van der Waals surface area contributed by atoms with Crippen molar-refractivity contribution in [1.29, 1.82) is 0 Å². The summed E-state index contributed by atoms with van der Waals surface area (Å²) in [6, 6.07) is 16.9. The Kier molecular flexibility index (Phi) is 6.51. The molecule has 2 heterocycles. The highest BCUT2D eigenvalue weighted by Crippen LogP contribution is 2.28. The van der Waals surface area contributed by atoms with Crippen molar-refractivity contribution in [1.82, 2.24) is 25.6 Å². The number of amides is 2. The van der Waals surface area contributed by atoms with E-state index in [2.05, 4.69) is 25.9 Å². The SMILES string of the molecule is Cc1ccc(-n2c(SCC(=O)NNC(=O)c3ccccc3)nnc2N2CCCC2)cc1. The largest absolute Gasteiger partial charge is 0.341 e. The minimum absolute atomic E-state index is 0.0963. The average Bonchev–Trinajstić information content (AvgIpc) is 3.47. The molecule has 31 heavy (non-hydrogen) atoms. The minimum Gasteiger partial charge on any atom is -0.341 e. The number of hydrogen-bond acceptors (Lipinski definition) is 6. The van der Waals surface area contributed by atoms with E-state index in [1.165, 1.54) is 17.3 Å². The zero-order valence-corrected chi connectivity index (χ0v) is 18.1. The number of aryl methyl sites for hydroxylation is 1. The Morgan fingerprint density at radius 2 is 1.68 bits per heavy atom. The maximum atomic E-state index is 12.3. The molecule has 0 aliphatic carbocycles. The number of aromatic nitrogens is 3. The Morgan fingerprint density at radius 1 is 0.968 bits per heavy atom. The van der Waals surface area contributed by atoms with E-state index in [1.807, 2.05) is 41.8 Å². The van der Waals surface area contributed by atoms with Crippen LogP contribution in [0.25, 0.3) is 5.69 Å². The molecule has 1 saturated heterocycles. The van der Waals surface area contributed by atoms with E-state index in [1.54, 1.807) is 24.3 Å². The maximum Gasteiger partial charge on any atom is 0.269 e. The zero-order chi connectivity index (χ0) is 21.6. The molecule has 3 aromatic rings. The lowest BCUT2D eigenvalue weighted by molar-refractivity contribution is -0.119. The summed E-state index contributed by atoms with van der Waals surface area (Å²) in [5.74, 6) is 0.203. The third-order valence-corrected chi connectivity index (χ3v) is 5.91. The lowest BCUT2D eigenvalue weighted by Gasteiger charge is -2.18. The Labute approximate surface area is 185 Å². The summed E-state index contributed by atoms with van der Waals surface area (Å²) in [7, 11) is 0. The molecule has 160 valence electrons. The van der Waals surface area contributed by atoms with Crippen LogP contribution in [0, 0.1) is 6.92 Å². The van der Waals surface area contributed by atoms with Crippen LogP contribution in [0.4, 0.5) is 5.95 Å². The van der Waals surface area contributed by atoms with Crippen LogP contribution in [0.5, 0.6) is 0 Å². The van der Waals surface area contributed by atoms with Crippen molar-refractivity contribution < 1.29 is 9.59 Å². The molecule has 0 spiro atoms. The highest BCUT2D eigenvalue weighted by molar-refractivity contribution is 7.99. The molecule has 9 heteroatoms. The van der Waals surface area contributed by atoms with E-state index in [0.717, 1.165) is 37.6 Å². The predicted molar refractivity (Wildman–Crippen MR) is 120 cm³/mol. The second-order valence-electron chi connectivity index (χ2n) is 7.30. The van der Waals surface area contributed by atoms with Gasteiger partial charge < -0.3 is 4.90 Å². The highest BCUT2D eigenvalue weighted by atomic mass is 32.2. The molecule has 0 saturated carbocycles. The van der Waals surface area contributed by atoms with Crippen LogP contribution in [0.15, 0.2) is 59.8 Å². The first-order chi connectivity index (χ1) is 15.1. The van der Waals surface area contributed by atoms with Crippen molar-refractivity contribution in [2.75, 3.05) is 23.7 Å². The molecule has 0 bridgehead atoms. The van der Waals surface area contributed by atoms with E-state index < -0.39 is 0 Å². The van der Waals surface area contributed by atoms with E-state index in [0.29, 0.717) is 10.7 Å². The van der Waals surface area contributed by atoms with Gasteiger partial charge in [0.05, 0.1) is 11.4 Å². The average molecular weight is 437 g/mol. The number of hydrogen-bond donors (Lipinski definition) is 2. The third-order valence-electron chi connectivity index (χ3n) is 4.98. The van der Waals surface area contributed by atoms with Gasteiger partial charge in [-0.15, -0.1) is 10.2 Å². The fourth-order valence-electron chi connectivity index (χ4n) is 3.35. The van der Waals surface area contributed by atoms with Crippen molar-refractivity contribution in [3.63, 3.8) is 0 Å². The number of benzene rings is 2. The van der Waals surface area contributed by atoms with Crippen molar-refractivity contribution in [3.05, 3.63) is 65.7 Å². The van der Waals surface area contributed by atoms with Crippen molar-refractivity contribution >= 4 is 29.5 Å². The Morgan fingerprint density at radius 3 is 2.39 bits per heavy atom. The van der Waals surface area contributed by atoms with E-state index in [-0.39, 0.29) is 17.6 Å². The molecule has 1 aliphatic heterocycles. The van der Waals surface area contributed by atoms with Gasteiger partial charge in [-0.25, -0.2) is 0 Å². The number of thioether (sulfide) groups is 1. The molecule has 2 N–H and O–H groups in total. The highest BCUT2D eigenvalue weighted by Gasteiger charge is 2.23. The fraction of sp³-hybridized carbons (Fsp3) is 0.273. The minimum atomic E-state index is -0.363. The molecule has 1 aromatic heterocycles. The molecule has 0 unspecified atom stereocenters. The van der Waals surface area contributed by atoms with Crippen LogP contribution < -0.4 is 15.8 Å². The maximum absolute atomic E-state index is 12.3. The van der Waals surface area contributed by atoms with Crippen molar-refractivity contribution in [2.45, 2.75) is 24.9 Å². The monoisotopic (exact) mass is 436 g/mol. The zero-order valence-electron chi connectivity index (χ0n) is 17.2. The molecule has 1 aliphatic rings. The molecule has 2 amide bonds.